The van der Waals surface area contributed by atoms with Crippen molar-refractivity contribution in [3.63, 3.8) is 0 Å². The Morgan fingerprint density at radius 1 is 0.979 bits per heavy atom. The normalized spacial score (nSPS) is 23.2. The van der Waals surface area contributed by atoms with Gasteiger partial charge < -0.3 is 46.1 Å². The Morgan fingerprint density at radius 2 is 1.73 bits per heavy atom. The lowest BCUT2D eigenvalue weighted by Gasteiger charge is -2.39. The highest BCUT2D eigenvalue weighted by Gasteiger charge is 2.45. The first-order valence-corrected chi connectivity index (χ1v) is 15.3. The Labute approximate surface area is 275 Å². The molecule has 1 aliphatic carbocycles. The smallest absolute Gasteiger partial charge is 0.308 e. The lowest BCUT2D eigenvalue weighted by Crippen LogP contribution is -2.58. The average molecular weight is 658 g/mol. The summed E-state index contributed by atoms with van der Waals surface area (Å²) in [4.78, 5) is 44.5. The number of aliphatic hydroxyl groups excluding tert-OH is 3. The molecule has 0 bridgehead atoms. The molecule has 8 N–H and O–H groups in total. The topological polar surface area (TPSA) is 224 Å². The van der Waals surface area contributed by atoms with Gasteiger partial charge in [-0.25, -0.2) is 0 Å². The van der Waals surface area contributed by atoms with Gasteiger partial charge in [-0.1, -0.05) is 30.3 Å². The molecule has 48 heavy (non-hydrogen) atoms. The molecule has 0 spiro atoms. The minimum absolute atomic E-state index is 0.000937. The number of hydrogen-bond acceptors (Lipinski definition) is 13. The molecule has 2 aliphatic heterocycles. The zero-order valence-electron chi connectivity index (χ0n) is 26.1. The van der Waals surface area contributed by atoms with E-state index < -0.39 is 60.2 Å². The van der Waals surface area contributed by atoms with Gasteiger partial charge in [-0.05, 0) is 41.8 Å². The molecule has 6 rings (SSSR count). The second-order valence-electron chi connectivity index (χ2n) is 12.0. The van der Waals surface area contributed by atoms with Crippen LogP contribution in [0.15, 0.2) is 59.1 Å². The third-order valence-corrected chi connectivity index (χ3v) is 8.67. The number of ketones is 2. The van der Waals surface area contributed by atoms with Gasteiger partial charge in [-0.15, -0.1) is 0 Å². The molecule has 0 saturated carbocycles. The number of carbonyl (C=O) groups is 3. The molecule has 5 atom stereocenters. The van der Waals surface area contributed by atoms with Gasteiger partial charge in [0, 0.05) is 53.8 Å². The second kappa shape index (κ2) is 13.0. The largest absolute Gasteiger partial charge is 0.507 e. The number of benzene rings is 3. The minimum Gasteiger partial charge on any atom is -0.507 e. The van der Waals surface area contributed by atoms with Crippen LogP contribution in [0.25, 0.3) is 0 Å². The second-order valence-corrected chi connectivity index (χ2v) is 12.0. The van der Waals surface area contributed by atoms with Gasteiger partial charge in [-0.3, -0.25) is 19.4 Å². The Morgan fingerprint density at radius 3 is 2.42 bits per heavy atom. The molecular formula is C35H35N3O10. The van der Waals surface area contributed by atoms with Crippen molar-refractivity contribution in [1.82, 2.24) is 0 Å². The monoisotopic (exact) mass is 657 g/mol. The summed E-state index contributed by atoms with van der Waals surface area (Å²) in [5.41, 5.74) is 13.6. The van der Waals surface area contributed by atoms with Crippen molar-refractivity contribution in [3.8, 4) is 17.2 Å². The van der Waals surface area contributed by atoms with Crippen LogP contribution in [0.1, 0.15) is 74.1 Å². The van der Waals surface area contributed by atoms with Gasteiger partial charge in [0.15, 0.2) is 11.6 Å². The summed E-state index contributed by atoms with van der Waals surface area (Å²) in [7, 11) is 0. The van der Waals surface area contributed by atoms with E-state index in [1.807, 2.05) is 6.08 Å². The van der Waals surface area contributed by atoms with Crippen LogP contribution in [-0.4, -0.2) is 81.4 Å². The Kier molecular flexibility index (Phi) is 9.00. The fourth-order valence-electron chi connectivity index (χ4n) is 6.23. The molecule has 13 heteroatoms. The molecule has 0 radical (unpaired) electrons. The summed E-state index contributed by atoms with van der Waals surface area (Å²) < 4.78 is 17.3. The molecule has 0 unspecified atom stereocenters. The quantitative estimate of drug-likeness (QED) is 0.0898. The molecule has 1 saturated heterocycles. The van der Waals surface area contributed by atoms with E-state index in [2.05, 4.69) is 4.99 Å². The van der Waals surface area contributed by atoms with E-state index in [0.29, 0.717) is 23.2 Å². The molecule has 2 heterocycles. The number of aromatic hydroxyl groups is 1. The van der Waals surface area contributed by atoms with Crippen LogP contribution >= 0.6 is 0 Å². The summed E-state index contributed by atoms with van der Waals surface area (Å²) in [6.45, 7) is 3.08. The number of phenols is 1. The van der Waals surface area contributed by atoms with Crippen molar-refractivity contribution in [1.29, 1.82) is 0 Å². The number of phenolic OH excluding ortho intramolecular Hbond substituents is 1. The van der Waals surface area contributed by atoms with Crippen molar-refractivity contribution in [2.45, 2.75) is 63.6 Å². The first kappa shape index (κ1) is 33.2. The molecule has 3 aromatic carbocycles. The average Bonchev–Trinajstić information content (AvgIpc) is 3.57. The van der Waals surface area contributed by atoms with Gasteiger partial charge >= 0.3 is 5.97 Å². The standard InChI is InChI=1S/C35H35N3O10/c1-15-27(40)31(44)32(45)35(46-15)48-33-23(12-18-8-9-38-14-18)25-26(30(43)24(33)11-17-4-3-5-19(10-17)34(36)37)28(41)21-7-6-20(47-16(2)39)13-22(21)29(25)42/h3-8,10,13-15,27,31-32,34-35,40,43-45H,9,11-12,36-37H2,1-2H3/t15-,27-,31-,32-,35-/m1/s1. The SMILES string of the molecule is CC(=O)Oc1ccc2c(c1)C(=O)c1c(CC3=CCN=C3)c(O[C@H]3O[C@H](C)[C@@H](O)[C@@H](O)[C@H]3O)c(Cc3cccc(C(N)N)c3)c(O)c1C2=O. The zero-order chi connectivity index (χ0) is 34.4. The van der Waals surface area contributed by atoms with Crippen molar-refractivity contribution >= 4 is 23.8 Å². The molecule has 0 aromatic heterocycles. The first-order valence-electron chi connectivity index (χ1n) is 15.3. The van der Waals surface area contributed by atoms with Crippen LogP contribution in [0.5, 0.6) is 17.2 Å². The maximum atomic E-state index is 14.4. The highest BCUT2D eigenvalue weighted by molar-refractivity contribution is 6.30. The van der Waals surface area contributed by atoms with Crippen LogP contribution in [0, 0.1) is 0 Å². The highest BCUT2D eigenvalue weighted by Crippen LogP contribution is 2.46. The van der Waals surface area contributed by atoms with Crippen LogP contribution in [0.2, 0.25) is 0 Å². The molecule has 250 valence electrons. The number of aliphatic hydroxyl groups is 3. The van der Waals surface area contributed by atoms with Crippen molar-refractivity contribution in [3.05, 3.63) is 98.6 Å². The number of carbonyl (C=O) groups excluding carboxylic acids is 3. The predicted molar refractivity (Wildman–Crippen MR) is 171 cm³/mol. The van der Waals surface area contributed by atoms with E-state index in [0.717, 1.165) is 0 Å². The molecule has 3 aromatic rings. The molecule has 0 amide bonds. The number of fused-ring (bicyclic) bond motifs is 2. The van der Waals surface area contributed by atoms with E-state index >= 15 is 0 Å². The molecule has 3 aliphatic rings. The van der Waals surface area contributed by atoms with Crippen molar-refractivity contribution in [2.75, 3.05) is 6.54 Å². The Bertz CT molecular complexity index is 1880. The van der Waals surface area contributed by atoms with Crippen molar-refractivity contribution in [2.24, 2.45) is 16.5 Å². The highest BCUT2D eigenvalue weighted by atomic mass is 16.7. The summed E-state index contributed by atoms with van der Waals surface area (Å²) in [5.74, 6) is -2.47. The number of hydrogen-bond donors (Lipinski definition) is 6. The number of nitrogens with zero attached hydrogens (tertiary/aromatic N) is 1. The number of aliphatic imine (C=N–C) groups is 1. The fraction of sp³-hybridized carbons (Fsp3) is 0.314. The third kappa shape index (κ3) is 6.03. The van der Waals surface area contributed by atoms with E-state index in [4.69, 9.17) is 25.7 Å². The Balaban J connectivity index is 1.60. The number of rotatable bonds is 8. The number of nitrogens with two attached hydrogens (primary N) is 2. The molecule has 13 nitrogen and oxygen atoms in total. The van der Waals surface area contributed by atoms with Gasteiger partial charge in [0.25, 0.3) is 0 Å². The van der Waals surface area contributed by atoms with Gasteiger partial charge in [-0.2, -0.15) is 0 Å². The summed E-state index contributed by atoms with van der Waals surface area (Å²) in [6, 6.07) is 11.0. The lowest BCUT2D eigenvalue weighted by molar-refractivity contribution is -0.268. The van der Waals surface area contributed by atoms with Gasteiger partial charge in [0.1, 0.15) is 35.6 Å². The number of esters is 1. The number of ether oxygens (including phenoxy) is 3. The first-order chi connectivity index (χ1) is 22.8. The fourth-order valence-corrected chi connectivity index (χ4v) is 6.23. The van der Waals surface area contributed by atoms with E-state index in [-0.39, 0.29) is 57.7 Å². The summed E-state index contributed by atoms with van der Waals surface area (Å²) >= 11 is 0. The van der Waals surface area contributed by atoms with E-state index in [1.54, 1.807) is 30.5 Å². The summed E-state index contributed by atoms with van der Waals surface area (Å²) in [6.07, 6.45) is -4.69. The lowest BCUT2D eigenvalue weighted by atomic mass is 9.77. The van der Waals surface area contributed by atoms with Crippen molar-refractivity contribution < 1.29 is 49.0 Å². The van der Waals surface area contributed by atoms with E-state index in [1.165, 1.54) is 32.0 Å². The summed E-state index contributed by atoms with van der Waals surface area (Å²) in [5, 5.41) is 43.8. The maximum absolute atomic E-state index is 14.4. The maximum Gasteiger partial charge on any atom is 0.308 e. The Hall–Kier alpha value is -4.76. The van der Waals surface area contributed by atoms with Gasteiger partial charge in [0.2, 0.25) is 6.29 Å². The molecular weight excluding hydrogens is 622 g/mol. The zero-order valence-corrected chi connectivity index (χ0v) is 26.1. The van der Waals surface area contributed by atoms with Crippen LogP contribution < -0.4 is 20.9 Å². The minimum atomic E-state index is -1.73. The molecule has 1 fully saturated rings. The predicted octanol–water partition coefficient (Wildman–Crippen LogP) is 1.36. The van der Waals surface area contributed by atoms with Crippen LogP contribution in [-0.2, 0) is 22.4 Å². The van der Waals surface area contributed by atoms with Gasteiger partial charge in [0.05, 0.1) is 24.4 Å². The number of allylic oxidation sites excluding steroid dienone is 1. The third-order valence-electron chi connectivity index (χ3n) is 8.67. The van der Waals surface area contributed by atoms with Crippen LogP contribution in [0.4, 0.5) is 0 Å². The van der Waals surface area contributed by atoms with Crippen LogP contribution in [0.3, 0.4) is 0 Å². The van der Waals surface area contributed by atoms with E-state index in [9.17, 15) is 34.8 Å².